The fourth-order valence-electron chi connectivity index (χ4n) is 2.67. The number of anilines is 2. The lowest BCUT2D eigenvalue weighted by Gasteiger charge is -2.10. The van der Waals surface area contributed by atoms with Crippen molar-refractivity contribution in [1.29, 1.82) is 0 Å². The Hall–Kier alpha value is -2.58. The van der Waals surface area contributed by atoms with Gasteiger partial charge in [0.25, 0.3) is 0 Å². The molecular formula is C17H16N4O2S2. The van der Waals surface area contributed by atoms with Crippen LogP contribution in [0.25, 0.3) is 16.3 Å². The molecule has 0 aliphatic heterocycles. The van der Waals surface area contributed by atoms with E-state index in [9.17, 15) is 0 Å². The number of thiazole rings is 2. The lowest BCUT2D eigenvalue weighted by molar-refractivity contribution is 0.405. The van der Waals surface area contributed by atoms with Gasteiger partial charge in [0.2, 0.25) is 0 Å². The van der Waals surface area contributed by atoms with E-state index in [0.717, 1.165) is 44.4 Å². The normalized spacial score (nSPS) is 11.0. The Kier molecular flexibility index (Phi) is 4.06. The first-order valence-corrected chi connectivity index (χ1v) is 9.32. The molecule has 128 valence electrons. The summed E-state index contributed by atoms with van der Waals surface area (Å²) in [4.78, 5) is 10.3. The molecule has 8 heteroatoms. The highest BCUT2D eigenvalue weighted by molar-refractivity contribution is 7.15. The minimum absolute atomic E-state index is 0.735. The summed E-state index contributed by atoms with van der Waals surface area (Å²) in [5.41, 5.74) is 3.71. The molecule has 0 atom stereocenters. The molecule has 0 saturated carbocycles. The number of aryl methyl sites for hydroxylation is 1. The lowest BCUT2D eigenvalue weighted by atomic mass is 10.2. The Balaban J connectivity index is 1.68. The average molecular weight is 372 g/mol. The number of fused-ring (bicyclic) bond motifs is 1. The third-order valence-corrected chi connectivity index (χ3v) is 5.35. The number of nitrogens with zero attached hydrogens (tertiary/aromatic N) is 3. The van der Waals surface area contributed by atoms with Crippen LogP contribution >= 0.6 is 22.7 Å². The molecule has 0 fully saturated rings. The zero-order valence-electron chi connectivity index (χ0n) is 13.9. The predicted molar refractivity (Wildman–Crippen MR) is 102 cm³/mol. The van der Waals surface area contributed by atoms with Gasteiger partial charge in [-0.15, -0.1) is 22.7 Å². The van der Waals surface area contributed by atoms with E-state index >= 15 is 0 Å². The summed E-state index contributed by atoms with van der Waals surface area (Å²) in [6.07, 6.45) is 2.02. The first kappa shape index (κ1) is 15.9. The molecular weight excluding hydrogens is 356 g/mol. The second-order valence-corrected chi connectivity index (χ2v) is 7.06. The van der Waals surface area contributed by atoms with Crippen molar-refractivity contribution in [2.24, 2.45) is 0 Å². The molecule has 25 heavy (non-hydrogen) atoms. The first-order chi connectivity index (χ1) is 12.2. The molecule has 4 aromatic rings. The Labute approximate surface area is 152 Å². The van der Waals surface area contributed by atoms with E-state index < -0.39 is 0 Å². The van der Waals surface area contributed by atoms with Gasteiger partial charge in [0.1, 0.15) is 17.2 Å². The highest BCUT2D eigenvalue weighted by Crippen LogP contribution is 2.35. The second-order valence-electron chi connectivity index (χ2n) is 5.33. The van der Waals surface area contributed by atoms with E-state index in [2.05, 4.69) is 14.7 Å². The topological polar surface area (TPSA) is 60.7 Å². The zero-order valence-corrected chi connectivity index (χ0v) is 15.6. The van der Waals surface area contributed by atoms with Gasteiger partial charge in [-0.3, -0.25) is 4.40 Å². The van der Waals surface area contributed by atoms with Crippen molar-refractivity contribution < 1.29 is 9.47 Å². The van der Waals surface area contributed by atoms with Crippen LogP contribution in [0.5, 0.6) is 11.5 Å². The second kappa shape index (κ2) is 6.38. The molecule has 3 aromatic heterocycles. The maximum atomic E-state index is 5.41. The van der Waals surface area contributed by atoms with Crippen molar-refractivity contribution in [3.8, 4) is 22.9 Å². The number of hydrogen-bond acceptors (Lipinski definition) is 7. The summed E-state index contributed by atoms with van der Waals surface area (Å²) in [6, 6.07) is 5.62. The molecule has 3 heterocycles. The van der Waals surface area contributed by atoms with E-state index in [1.807, 2.05) is 42.1 Å². The number of benzene rings is 1. The van der Waals surface area contributed by atoms with Crippen LogP contribution in [0.3, 0.4) is 0 Å². The van der Waals surface area contributed by atoms with Crippen molar-refractivity contribution in [2.75, 3.05) is 19.5 Å². The van der Waals surface area contributed by atoms with Crippen LogP contribution in [0.15, 0.2) is 35.2 Å². The van der Waals surface area contributed by atoms with E-state index in [1.54, 1.807) is 25.6 Å². The molecule has 1 N–H and O–H groups in total. The summed E-state index contributed by atoms with van der Waals surface area (Å²) in [5, 5.41) is 8.16. The van der Waals surface area contributed by atoms with Gasteiger partial charge >= 0.3 is 0 Å². The minimum atomic E-state index is 0.735. The van der Waals surface area contributed by atoms with Gasteiger partial charge in [-0.2, -0.15) is 0 Å². The van der Waals surface area contributed by atoms with Gasteiger partial charge in [-0.25, -0.2) is 9.97 Å². The minimum Gasteiger partial charge on any atom is -0.497 e. The highest BCUT2D eigenvalue weighted by atomic mass is 32.1. The van der Waals surface area contributed by atoms with Crippen molar-refractivity contribution in [3.05, 3.63) is 40.8 Å². The van der Waals surface area contributed by atoms with Crippen molar-refractivity contribution in [2.45, 2.75) is 6.92 Å². The van der Waals surface area contributed by atoms with Gasteiger partial charge in [-0.05, 0) is 19.1 Å². The molecule has 0 unspecified atom stereocenters. The smallest absolute Gasteiger partial charge is 0.194 e. The van der Waals surface area contributed by atoms with Crippen LogP contribution in [-0.4, -0.2) is 28.6 Å². The zero-order chi connectivity index (χ0) is 17.4. The maximum absolute atomic E-state index is 5.41. The molecule has 0 radical (unpaired) electrons. The SMILES string of the molecule is COc1ccc(OC)c(Nc2nc(-c3c(C)nc4sccn34)cs2)c1. The molecule has 0 bridgehead atoms. The summed E-state index contributed by atoms with van der Waals surface area (Å²) < 4.78 is 12.8. The third-order valence-electron chi connectivity index (χ3n) is 3.83. The van der Waals surface area contributed by atoms with Crippen molar-refractivity contribution >= 4 is 38.5 Å². The maximum Gasteiger partial charge on any atom is 0.194 e. The van der Waals surface area contributed by atoms with Crippen molar-refractivity contribution in [1.82, 2.24) is 14.4 Å². The monoisotopic (exact) mass is 372 g/mol. The van der Waals surface area contributed by atoms with E-state index in [4.69, 9.17) is 14.5 Å². The fourth-order valence-corrected chi connectivity index (χ4v) is 4.14. The van der Waals surface area contributed by atoms with Gasteiger partial charge in [0.15, 0.2) is 10.1 Å². The summed E-state index contributed by atoms with van der Waals surface area (Å²) in [5.74, 6) is 1.49. The van der Waals surface area contributed by atoms with Crippen LogP contribution in [0.1, 0.15) is 5.69 Å². The number of imidazole rings is 1. The summed E-state index contributed by atoms with van der Waals surface area (Å²) in [7, 11) is 3.28. The Morgan fingerprint density at radius 3 is 2.80 bits per heavy atom. The average Bonchev–Trinajstić information content (AvgIpc) is 3.31. The van der Waals surface area contributed by atoms with Crippen LogP contribution in [0.4, 0.5) is 10.8 Å². The van der Waals surface area contributed by atoms with Crippen LogP contribution < -0.4 is 14.8 Å². The molecule has 4 rings (SSSR count). The van der Waals surface area contributed by atoms with E-state index in [0.29, 0.717) is 0 Å². The first-order valence-electron chi connectivity index (χ1n) is 7.56. The quantitative estimate of drug-likeness (QED) is 0.555. The number of ether oxygens (including phenoxy) is 2. The van der Waals surface area contributed by atoms with Crippen LogP contribution in [0.2, 0.25) is 0 Å². The molecule has 0 spiro atoms. The number of hydrogen-bond donors (Lipinski definition) is 1. The number of rotatable bonds is 5. The fraction of sp³-hybridized carbons (Fsp3) is 0.176. The molecule has 0 saturated heterocycles. The molecule has 1 aromatic carbocycles. The number of methoxy groups -OCH3 is 2. The van der Waals surface area contributed by atoms with Gasteiger partial charge in [0.05, 0.1) is 31.3 Å². The molecule has 0 aliphatic carbocycles. The van der Waals surface area contributed by atoms with Gasteiger partial charge in [0, 0.05) is 23.0 Å². The Bertz CT molecular complexity index is 1030. The summed E-state index contributed by atoms with van der Waals surface area (Å²) in [6.45, 7) is 2.01. The molecule has 0 aliphatic rings. The van der Waals surface area contributed by atoms with Crippen LogP contribution in [0, 0.1) is 6.92 Å². The predicted octanol–water partition coefficient (Wildman–Crippen LogP) is 4.59. The Morgan fingerprint density at radius 1 is 1.12 bits per heavy atom. The number of aromatic nitrogens is 3. The molecule has 6 nitrogen and oxygen atoms in total. The molecule has 0 amide bonds. The highest BCUT2D eigenvalue weighted by Gasteiger charge is 2.15. The largest absolute Gasteiger partial charge is 0.497 e. The van der Waals surface area contributed by atoms with Gasteiger partial charge < -0.3 is 14.8 Å². The standard InChI is InChI=1S/C17H16N4O2S2/c1-10-15(21-6-7-24-17(21)18-10)13-9-25-16(20-13)19-12-8-11(22-2)4-5-14(12)23-3/h4-9H,1-3H3,(H,19,20). The Morgan fingerprint density at radius 2 is 2.00 bits per heavy atom. The van der Waals surface area contributed by atoms with E-state index in [1.165, 1.54) is 11.3 Å². The van der Waals surface area contributed by atoms with E-state index in [-0.39, 0.29) is 0 Å². The van der Waals surface area contributed by atoms with Crippen molar-refractivity contribution in [3.63, 3.8) is 0 Å². The third kappa shape index (κ3) is 2.83. The summed E-state index contributed by atoms with van der Waals surface area (Å²) >= 11 is 3.16. The lowest BCUT2D eigenvalue weighted by Crippen LogP contribution is -1.95. The van der Waals surface area contributed by atoms with Crippen LogP contribution in [-0.2, 0) is 0 Å². The van der Waals surface area contributed by atoms with Gasteiger partial charge in [-0.1, -0.05) is 0 Å². The number of nitrogens with one attached hydrogen (secondary N) is 1.